The van der Waals surface area contributed by atoms with Gasteiger partial charge in [-0.05, 0) is 55.7 Å². The van der Waals surface area contributed by atoms with Crippen LogP contribution in [-0.4, -0.2) is 53.4 Å². The molecule has 1 fully saturated rings. The minimum absolute atomic E-state index is 0.103. The van der Waals surface area contributed by atoms with Crippen molar-refractivity contribution >= 4 is 21.6 Å². The van der Waals surface area contributed by atoms with Crippen LogP contribution in [0.5, 0.6) is 0 Å². The number of nitrogens with one attached hydrogen (secondary N) is 1. The first-order valence-electron chi connectivity index (χ1n) is 10.5. The SMILES string of the molecule is O=S(=O)(N[C@H]1CC[C@@H](CCn2cc(-c3cccc(F)c3)nn2)O[C@@H]1CO)c1ccc(Cl)cc1. The monoisotopic (exact) mass is 494 g/mol. The van der Waals surface area contributed by atoms with E-state index in [1.807, 2.05) is 0 Å². The number of ether oxygens (including phenoxy) is 1. The molecule has 0 amide bonds. The van der Waals surface area contributed by atoms with Gasteiger partial charge in [0.25, 0.3) is 0 Å². The van der Waals surface area contributed by atoms with Gasteiger partial charge in [-0.25, -0.2) is 17.5 Å². The van der Waals surface area contributed by atoms with Gasteiger partial charge < -0.3 is 9.84 Å². The Morgan fingerprint density at radius 1 is 1.21 bits per heavy atom. The van der Waals surface area contributed by atoms with Crippen molar-refractivity contribution in [3.05, 3.63) is 65.6 Å². The maximum Gasteiger partial charge on any atom is 0.240 e. The average Bonchev–Trinajstić information content (AvgIpc) is 3.28. The Kier molecular flexibility index (Phi) is 7.40. The molecular formula is C22H24ClFN4O4S. The van der Waals surface area contributed by atoms with E-state index in [1.165, 1.54) is 36.4 Å². The number of hydrogen-bond donors (Lipinski definition) is 2. The number of aromatic nitrogens is 3. The predicted molar refractivity (Wildman–Crippen MR) is 121 cm³/mol. The van der Waals surface area contributed by atoms with Crippen LogP contribution in [0.2, 0.25) is 5.02 Å². The summed E-state index contributed by atoms with van der Waals surface area (Å²) in [6, 6.07) is 11.5. The highest BCUT2D eigenvalue weighted by molar-refractivity contribution is 7.89. The fourth-order valence-corrected chi connectivity index (χ4v) is 5.25. The van der Waals surface area contributed by atoms with E-state index in [1.54, 1.807) is 23.0 Å². The number of hydrogen-bond acceptors (Lipinski definition) is 6. The van der Waals surface area contributed by atoms with E-state index in [0.717, 1.165) is 0 Å². The Bertz CT molecular complexity index is 1190. The summed E-state index contributed by atoms with van der Waals surface area (Å²) in [7, 11) is -3.77. The summed E-state index contributed by atoms with van der Waals surface area (Å²) in [5.74, 6) is -0.339. The molecule has 0 spiro atoms. The van der Waals surface area contributed by atoms with Crippen LogP contribution < -0.4 is 4.72 Å². The number of benzene rings is 2. The van der Waals surface area contributed by atoms with Gasteiger partial charge >= 0.3 is 0 Å². The maximum atomic E-state index is 13.4. The van der Waals surface area contributed by atoms with Crippen molar-refractivity contribution in [3.8, 4) is 11.3 Å². The number of rotatable bonds is 8. The van der Waals surface area contributed by atoms with Gasteiger partial charge in [-0.3, -0.25) is 4.68 Å². The normalized spacial score (nSPS) is 21.2. The molecule has 2 aromatic carbocycles. The topological polar surface area (TPSA) is 106 Å². The Labute approximate surface area is 196 Å². The second kappa shape index (κ2) is 10.3. The van der Waals surface area contributed by atoms with Gasteiger partial charge in [-0.2, -0.15) is 0 Å². The van der Waals surface area contributed by atoms with Gasteiger partial charge in [-0.15, -0.1) is 5.10 Å². The van der Waals surface area contributed by atoms with Crippen molar-refractivity contribution in [2.24, 2.45) is 0 Å². The molecule has 1 saturated heterocycles. The van der Waals surface area contributed by atoms with Gasteiger partial charge in [0.1, 0.15) is 11.5 Å². The lowest BCUT2D eigenvalue weighted by atomic mass is 9.98. The molecule has 2 N–H and O–H groups in total. The van der Waals surface area contributed by atoms with Gasteiger partial charge in [-0.1, -0.05) is 28.9 Å². The number of nitrogens with zero attached hydrogens (tertiary/aromatic N) is 3. The molecule has 0 radical (unpaired) electrons. The fraction of sp³-hybridized carbons (Fsp3) is 0.364. The van der Waals surface area contributed by atoms with E-state index in [0.29, 0.717) is 42.1 Å². The van der Waals surface area contributed by atoms with Crippen LogP contribution in [-0.2, 0) is 21.3 Å². The zero-order chi connectivity index (χ0) is 23.4. The molecule has 33 heavy (non-hydrogen) atoms. The minimum Gasteiger partial charge on any atom is -0.394 e. The quantitative estimate of drug-likeness (QED) is 0.498. The highest BCUT2D eigenvalue weighted by Gasteiger charge is 2.34. The van der Waals surface area contributed by atoms with E-state index in [2.05, 4.69) is 15.0 Å². The molecule has 0 saturated carbocycles. The van der Waals surface area contributed by atoms with E-state index < -0.39 is 22.2 Å². The average molecular weight is 495 g/mol. The van der Waals surface area contributed by atoms with Crippen LogP contribution in [0, 0.1) is 5.82 Å². The summed E-state index contributed by atoms with van der Waals surface area (Å²) in [6.45, 7) is 0.212. The molecule has 8 nitrogen and oxygen atoms in total. The van der Waals surface area contributed by atoms with Crippen molar-refractivity contribution in [1.82, 2.24) is 19.7 Å². The molecular weight excluding hydrogens is 471 g/mol. The number of aliphatic hydroxyl groups excluding tert-OH is 1. The van der Waals surface area contributed by atoms with Crippen molar-refractivity contribution in [2.45, 2.75) is 49.0 Å². The standard InChI is InChI=1S/C22H24ClFN4O4S/c23-16-4-7-19(8-5-16)33(30,31)26-20-9-6-18(32-22(20)14-29)10-11-28-13-21(25-27-28)15-2-1-3-17(24)12-15/h1-5,7-8,12-13,18,20,22,26,29H,6,9-11,14H2/t18-,20-,22+/m0/s1. The van der Waals surface area contributed by atoms with Crippen LogP contribution in [0.15, 0.2) is 59.6 Å². The summed E-state index contributed by atoms with van der Waals surface area (Å²) < 4.78 is 49.0. The maximum absolute atomic E-state index is 13.4. The Morgan fingerprint density at radius 2 is 2.00 bits per heavy atom. The van der Waals surface area contributed by atoms with Crippen LogP contribution >= 0.6 is 11.6 Å². The van der Waals surface area contributed by atoms with Crippen molar-refractivity contribution in [1.29, 1.82) is 0 Å². The van der Waals surface area contributed by atoms with E-state index in [-0.39, 0.29) is 23.4 Å². The van der Waals surface area contributed by atoms with Crippen LogP contribution in [0.25, 0.3) is 11.3 Å². The molecule has 3 aromatic rings. The first-order valence-corrected chi connectivity index (χ1v) is 12.4. The van der Waals surface area contributed by atoms with Crippen LogP contribution in [0.1, 0.15) is 19.3 Å². The molecule has 1 aliphatic heterocycles. The summed E-state index contributed by atoms with van der Waals surface area (Å²) in [5.41, 5.74) is 1.22. The van der Waals surface area contributed by atoms with Gasteiger partial charge in [0.05, 0.1) is 35.9 Å². The van der Waals surface area contributed by atoms with Crippen molar-refractivity contribution < 1.29 is 22.7 Å². The summed E-state index contributed by atoms with van der Waals surface area (Å²) in [4.78, 5) is 0.103. The van der Waals surface area contributed by atoms with E-state index in [4.69, 9.17) is 16.3 Å². The molecule has 0 unspecified atom stereocenters. The first-order chi connectivity index (χ1) is 15.8. The number of aliphatic hydroxyl groups is 1. The molecule has 2 heterocycles. The number of aryl methyl sites for hydroxylation is 1. The van der Waals surface area contributed by atoms with Gasteiger partial charge in [0.15, 0.2) is 0 Å². The van der Waals surface area contributed by atoms with Crippen molar-refractivity contribution in [3.63, 3.8) is 0 Å². The molecule has 1 aliphatic rings. The lowest BCUT2D eigenvalue weighted by Gasteiger charge is -2.36. The van der Waals surface area contributed by atoms with Crippen LogP contribution in [0.3, 0.4) is 0 Å². The lowest BCUT2D eigenvalue weighted by Crippen LogP contribution is -2.50. The highest BCUT2D eigenvalue weighted by Crippen LogP contribution is 2.25. The second-order valence-corrected chi connectivity index (χ2v) is 10.1. The Morgan fingerprint density at radius 3 is 2.73 bits per heavy atom. The molecule has 4 rings (SSSR count). The number of sulfonamides is 1. The zero-order valence-electron chi connectivity index (χ0n) is 17.6. The molecule has 3 atom stereocenters. The van der Waals surface area contributed by atoms with Crippen molar-refractivity contribution in [2.75, 3.05) is 6.61 Å². The Balaban J connectivity index is 1.33. The lowest BCUT2D eigenvalue weighted by molar-refractivity contribution is -0.0891. The summed E-state index contributed by atoms with van der Waals surface area (Å²) in [5, 5.41) is 18.4. The molecule has 176 valence electrons. The molecule has 1 aromatic heterocycles. The molecule has 0 bridgehead atoms. The summed E-state index contributed by atoms with van der Waals surface area (Å²) in [6.07, 6.45) is 2.66. The third-order valence-corrected chi connectivity index (χ3v) is 7.32. The fourth-order valence-electron chi connectivity index (χ4n) is 3.82. The van der Waals surface area contributed by atoms with E-state index in [9.17, 15) is 17.9 Å². The van der Waals surface area contributed by atoms with E-state index >= 15 is 0 Å². The van der Waals surface area contributed by atoms with Crippen LogP contribution in [0.4, 0.5) is 4.39 Å². The van der Waals surface area contributed by atoms with Gasteiger partial charge in [0.2, 0.25) is 10.0 Å². The largest absolute Gasteiger partial charge is 0.394 e. The smallest absolute Gasteiger partial charge is 0.240 e. The van der Waals surface area contributed by atoms with Gasteiger partial charge in [0, 0.05) is 17.1 Å². The molecule has 0 aliphatic carbocycles. The predicted octanol–water partition coefficient (Wildman–Crippen LogP) is 3.01. The minimum atomic E-state index is -3.77. The first kappa shape index (κ1) is 23.8. The summed E-state index contributed by atoms with van der Waals surface area (Å²) >= 11 is 5.83. The Hall–Kier alpha value is -2.37. The highest BCUT2D eigenvalue weighted by atomic mass is 35.5. The molecule has 11 heteroatoms. The zero-order valence-corrected chi connectivity index (χ0v) is 19.2. The second-order valence-electron chi connectivity index (χ2n) is 7.90. The number of halogens is 2. The third kappa shape index (κ3) is 5.96. The third-order valence-electron chi connectivity index (χ3n) is 5.57.